The van der Waals surface area contributed by atoms with Crippen molar-refractivity contribution < 1.29 is 27.5 Å². The third-order valence-electron chi connectivity index (χ3n) is 5.22. The van der Waals surface area contributed by atoms with Gasteiger partial charge in [0.25, 0.3) is 0 Å². The van der Waals surface area contributed by atoms with Crippen molar-refractivity contribution in [3.63, 3.8) is 0 Å². The van der Waals surface area contributed by atoms with Crippen LogP contribution < -0.4 is 0 Å². The number of hydrogen-bond donors (Lipinski definition) is 0. The second-order valence-corrected chi connectivity index (χ2v) is 8.88. The first-order valence-electron chi connectivity index (χ1n) is 9.00. The summed E-state index contributed by atoms with van der Waals surface area (Å²) < 4.78 is 35.7. The van der Waals surface area contributed by atoms with Gasteiger partial charge in [-0.25, -0.2) is 8.42 Å². The third-order valence-corrected chi connectivity index (χ3v) is 6.62. The van der Waals surface area contributed by atoms with Crippen LogP contribution in [0.4, 0.5) is 0 Å². The summed E-state index contributed by atoms with van der Waals surface area (Å²) in [5.41, 5.74) is 0.0348. The van der Waals surface area contributed by atoms with Crippen molar-refractivity contribution in [2.45, 2.75) is 12.8 Å². The lowest BCUT2D eigenvalue weighted by Gasteiger charge is -2.40. The summed E-state index contributed by atoms with van der Waals surface area (Å²) in [4.78, 5) is 26.4. The highest BCUT2D eigenvalue weighted by Crippen LogP contribution is 2.52. The number of aryl methyl sites for hydroxylation is 1. The molecule has 152 valence electrons. The highest BCUT2D eigenvalue weighted by atomic mass is 32.2. The smallest absolute Gasteiger partial charge is 0.328 e. The zero-order valence-corrected chi connectivity index (χ0v) is 17.2. The van der Waals surface area contributed by atoms with Gasteiger partial charge in [0.2, 0.25) is 0 Å². The summed E-state index contributed by atoms with van der Waals surface area (Å²) in [7, 11) is -1.38. The maximum absolute atomic E-state index is 13.2. The predicted octanol–water partition coefficient (Wildman–Crippen LogP) is 2.88. The van der Waals surface area contributed by atoms with Gasteiger partial charge in [-0.2, -0.15) is 0 Å². The van der Waals surface area contributed by atoms with Crippen molar-refractivity contribution in [2.24, 2.45) is 5.41 Å². The number of ether oxygens (including phenoxy) is 2. The van der Waals surface area contributed by atoms with Crippen molar-refractivity contribution in [1.29, 1.82) is 0 Å². The van der Waals surface area contributed by atoms with E-state index in [4.69, 9.17) is 9.47 Å². The Kier molecular flexibility index (Phi) is 5.61. The first-order chi connectivity index (χ1) is 13.8. The molecule has 2 aromatic rings. The Morgan fingerprint density at radius 2 is 1.48 bits per heavy atom. The van der Waals surface area contributed by atoms with Crippen LogP contribution >= 0.6 is 0 Å². The minimum atomic E-state index is -3.72. The van der Waals surface area contributed by atoms with Crippen LogP contribution in [-0.2, 0) is 28.9 Å². The summed E-state index contributed by atoms with van der Waals surface area (Å²) >= 11 is 0. The number of esters is 2. The molecule has 1 atom stereocenters. The van der Waals surface area contributed by atoms with Crippen LogP contribution in [0, 0.1) is 12.3 Å². The number of carbonyl (C=O) groups is 2. The molecule has 0 amide bonds. The Hall–Kier alpha value is -2.93. The Balaban J connectivity index is 2.41. The van der Waals surface area contributed by atoms with E-state index in [0.717, 1.165) is 11.0 Å². The standard InChI is InChI=1S/C22H22O6S/c1-15-9-11-17(12-10-15)19-14-29(25,26)13-18(16-7-5-4-6-8-16)22(19,20(23)27-2)21(24)28-3/h4-13,19H,14H2,1-3H3. The van der Waals surface area contributed by atoms with Gasteiger partial charge in [0, 0.05) is 11.3 Å². The van der Waals surface area contributed by atoms with Crippen LogP contribution in [0.5, 0.6) is 0 Å². The van der Waals surface area contributed by atoms with E-state index >= 15 is 0 Å². The lowest BCUT2D eigenvalue weighted by molar-refractivity contribution is -0.165. The molecule has 0 spiro atoms. The molecule has 1 aliphatic rings. The highest BCUT2D eigenvalue weighted by molar-refractivity contribution is 7.94. The van der Waals surface area contributed by atoms with E-state index in [-0.39, 0.29) is 5.57 Å². The summed E-state index contributed by atoms with van der Waals surface area (Å²) in [6, 6.07) is 15.5. The molecule has 1 heterocycles. The normalized spacial score (nSPS) is 19.7. The van der Waals surface area contributed by atoms with Gasteiger partial charge in [-0.15, -0.1) is 0 Å². The van der Waals surface area contributed by atoms with Gasteiger partial charge in [-0.05, 0) is 23.6 Å². The fourth-order valence-corrected chi connectivity index (χ4v) is 5.52. The van der Waals surface area contributed by atoms with Gasteiger partial charge in [0.15, 0.2) is 15.3 Å². The molecule has 0 saturated heterocycles. The zero-order valence-electron chi connectivity index (χ0n) is 16.4. The predicted molar refractivity (Wildman–Crippen MR) is 109 cm³/mol. The molecule has 6 nitrogen and oxygen atoms in total. The Labute approximate surface area is 170 Å². The number of hydrogen-bond acceptors (Lipinski definition) is 6. The number of rotatable bonds is 4. The van der Waals surface area contributed by atoms with Gasteiger partial charge >= 0.3 is 11.9 Å². The second-order valence-electron chi connectivity index (χ2n) is 6.98. The number of carbonyl (C=O) groups excluding carboxylic acids is 2. The number of methoxy groups -OCH3 is 2. The minimum Gasteiger partial charge on any atom is -0.468 e. The molecule has 0 bridgehead atoms. The molecule has 0 aromatic heterocycles. The van der Waals surface area contributed by atoms with E-state index < -0.39 is 38.9 Å². The molecule has 0 saturated carbocycles. The molecule has 0 N–H and O–H groups in total. The average molecular weight is 414 g/mol. The molecule has 0 fully saturated rings. The first kappa shape index (κ1) is 20.8. The van der Waals surface area contributed by atoms with Gasteiger partial charge in [-0.3, -0.25) is 9.59 Å². The Morgan fingerprint density at radius 1 is 0.931 bits per heavy atom. The molecule has 29 heavy (non-hydrogen) atoms. The van der Waals surface area contributed by atoms with Crippen LogP contribution in [0.3, 0.4) is 0 Å². The van der Waals surface area contributed by atoms with E-state index in [1.54, 1.807) is 42.5 Å². The molecular weight excluding hydrogens is 392 g/mol. The van der Waals surface area contributed by atoms with E-state index in [2.05, 4.69) is 0 Å². The van der Waals surface area contributed by atoms with Crippen LogP contribution in [0.15, 0.2) is 60.0 Å². The largest absolute Gasteiger partial charge is 0.468 e. The number of sulfone groups is 1. The van der Waals surface area contributed by atoms with E-state index in [1.165, 1.54) is 14.2 Å². The topological polar surface area (TPSA) is 86.7 Å². The number of benzene rings is 2. The second kappa shape index (κ2) is 7.83. The fraction of sp³-hybridized carbons (Fsp3) is 0.273. The van der Waals surface area contributed by atoms with Crippen LogP contribution in [-0.4, -0.2) is 40.3 Å². The molecule has 1 unspecified atom stereocenters. The van der Waals surface area contributed by atoms with E-state index in [1.807, 2.05) is 19.1 Å². The van der Waals surface area contributed by atoms with Gasteiger partial charge in [0.05, 0.1) is 20.0 Å². The van der Waals surface area contributed by atoms with Crippen molar-refractivity contribution in [2.75, 3.05) is 20.0 Å². The van der Waals surface area contributed by atoms with Crippen molar-refractivity contribution in [3.05, 3.63) is 76.7 Å². The molecule has 0 radical (unpaired) electrons. The molecule has 7 heteroatoms. The summed E-state index contributed by atoms with van der Waals surface area (Å²) in [5.74, 6) is -3.15. The van der Waals surface area contributed by atoms with Crippen molar-refractivity contribution >= 4 is 27.3 Å². The quantitative estimate of drug-likeness (QED) is 0.565. The molecule has 1 aliphatic heterocycles. The third kappa shape index (κ3) is 3.58. The van der Waals surface area contributed by atoms with Gasteiger partial charge in [0.1, 0.15) is 0 Å². The maximum Gasteiger partial charge on any atom is 0.328 e. The summed E-state index contributed by atoms with van der Waals surface area (Å²) in [6.45, 7) is 1.89. The van der Waals surface area contributed by atoms with Gasteiger partial charge in [-0.1, -0.05) is 60.2 Å². The molecule has 0 aliphatic carbocycles. The van der Waals surface area contributed by atoms with Crippen LogP contribution in [0.2, 0.25) is 0 Å². The molecular formula is C22H22O6S. The molecule has 3 rings (SSSR count). The molecule has 2 aromatic carbocycles. The maximum atomic E-state index is 13.2. The van der Waals surface area contributed by atoms with E-state index in [9.17, 15) is 18.0 Å². The Morgan fingerprint density at radius 3 is 2.00 bits per heavy atom. The van der Waals surface area contributed by atoms with Crippen molar-refractivity contribution in [1.82, 2.24) is 0 Å². The SMILES string of the molecule is COC(=O)C1(C(=O)OC)C(c2ccccc2)=CS(=O)(=O)CC1c1ccc(C)cc1. The minimum absolute atomic E-state index is 0.0497. The highest BCUT2D eigenvalue weighted by Gasteiger charge is 2.61. The monoisotopic (exact) mass is 414 g/mol. The fourth-order valence-electron chi connectivity index (χ4n) is 3.83. The van der Waals surface area contributed by atoms with Crippen LogP contribution in [0.25, 0.3) is 5.57 Å². The lowest BCUT2D eigenvalue weighted by Crippen LogP contribution is -2.51. The van der Waals surface area contributed by atoms with Gasteiger partial charge < -0.3 is 9.47 Å². The first-order valence-corrected chi connectivity index (χ1v) is 10.7. The Bertz CT molecular complexity index is 1040. The lowest BCUT2D eigenvalue weighted by atomic mass is 9.66. The average Bonchev–Trinajstić information content (AvgIpc) is 2.73. The summed E-state index contributed by atoms with van der Waals surface area (Å²) in [6.07, 6.45) is 0. The zero-order chi connectivity index (χ0) is 21.2. The van der Waals surface area contributed by atoms with Crippen molar-refractivity contribution in [3.8, 4) is 0 Å². The van der Waals surface area contributed by atoms with Crippen LogP contribution in [0.1, 0.15) is 22.6 Å². The van der Waals surface area contributed by atoms with E-state index in [0.29, 0.717) is 11.1 Å². The summed E-state index contributed by atoms with van der Waals surface area (Å²) in [5, 5.41) is 1.00.